The van der Waals surface area contributed by atoms with E-state index in [1.54, 1.807) is 17.7 Å². The maximum absolute atomic E-state index is 11.2. The lowest BCUT2D eigenvalue weighted by Crippen LogP contribution is -2.52. The zero-order chi connectivity index (χ0) is 9.84. The lowest BCUT2D eigenvalue weighted by Gasteiger charge is -2.05. The lowest BCUT2D eigenvalue weighted by molar-refractivity contribution is -0.654. The molecule has 3 heteroatoms. The molecule has 0 unspecified atom stereocenters. The van der Waals surface area contributed by atoms with Crippen molar-refractivity contribution in [3.05, 3.63) is 30.1 Å². The Labute approximate surface area is 78.4 Å². The molecule has 0 saturated heterocycles. The van der Waals surface area contributed by atoms with Gasteiger partial charge in [-0.25, -0.2) is 0 Å². The number of aromatic nitrogens is 1. The minimum atomic E-state index is 0.0637. The smallest absolute Gasteiger partial charge is 0.277 e. The van der Waals surface area contributed by atoms with Crippen LogP contribution in [0.15, 0.2) is 24.4 Å². The Morgan fingerprint density at radius 2 is 2.15 bits per heavy atom. The highest BCUT2D eigenvalue weighted by Gasteiger charge is 2.14. The average Bonchev–Trinajstić information content (AvgIpc) is 2.03. The van der Waals surface area contributed by atoms with E-state index in [1.165, 1.54) is 0 Å². The van der Waals surface area contributed by atoms with Crippen molar-refractivity contribution in [2.75, 3.05) is 5.43 Å². The maximum Gasteiger partial charge on any atom is 0.277 e. The van der Waals surface area contributed by atoms with Crippen molar-refractivity contribution in [2.45, 2.75) is 26.8 Å². The molecule has 0 amide bonds. The van der Waals surface area contributed by atoms with Gasteiger partial charge in [0.15, 0.2) is 6.20 Å². The molecule has 1 N–H and O–H groups in total. The predicted molar refractivity (Wildman–Crippen MR) is 51.1 cm³/mol. The highest BCUT2D eigenvalue weighted by Crippen LogP contribution is 1.91. The van der Waals surface area contributed by atoms with Crippen LogP contribution in [-0.4, -0.2) is 11.8 Å². The van der Waals surface area contributed by atoms with E-state index in [9.17, 15) is 4.79 Å². The molecule has 0 bridgehead atoms. The first kappa shape index (κ1) is 9.71. The van der Waals surface area contributed by atoms with Crippen molar-refractivity contribution in [1.29, 1.82) is 0 Å². The Kier molecular flexibility index (Phi) is 3.01. The number of hydrogen-bond acceptors (Lipinski definition) is 2. The number of ketones is 1. The van der Waals surface area contributed by atoms with E-state index < -0.39 is 0 Å². The lowest BCUT2D eigenvalue weighted by atomic mass is 10.3. The summed E-state index contributed by atoms with van der Waals surface area (Å²) in [6.45, 7) is 5.63. The second-order valence-electron chi connectivity index (χ2n) is 3.30. The summed E-state index contributed by atoms with van der Waals surface area (Å²) in [5.74, 6) is 0.0637. The van der Waals surface area contributed by atoms with Gasteiger partial charge >= 0.3 is 0 Å². The van der Waals surface area contributed by atoms with Crippen molar-refractivity contribution < 1.29 is 9.47 Å². The van der Waals surface area contributed by atoms with Gasteiger partial charge in [-0.05, 0) is 19.9 Å². The molecule has 3 nitrogen and oxygen atoms in total. The highest BCUT2D eigenvalue weighted by atomic mass is 16.1. The minimum Gasteiger partial charge on any atom is -0.288 e. The van der Waals surface area contributed by atoms with Crippen LogP contribution in [0.2, 0.25) is 0 Å². The molecule has 1 rings (SSSR count). The molecule has 1 heterocycles. The molecule has 0 spiro atoms. The summed E-state index contributed by atoms with van der Waals surface area (Å²) in [7, 11) is 0. The molecule has 0 aliphatic heterocycles. The van der Waals surface area contributed by atoms with E-state index in [1.807, 2.05) is 32.2 Å². The molecule has 1 aromatic heterocycles. The zero-order valence-corrected chi connectivity index (χ0v) is 8.24. The molecule has 70 valence electrons. The Hall–Kier alpha value is -1.38. The predicted octanol–water partition coefficient (Wildman–Crippen LogP) is 1.13. The molecule has 0 atom stereocenters. The van der Waals surface area contributed by atoms with E-state index in [0.29, 0.717) is 11.7 Å². The van der Waals surface area contributed by atoms with Crippen molar-refractivity contribution >= 4 is 5.78 Å². The number of pyridine rings is 1. The summed E-state index contributed by atoms with van der Waals surface area (Å²) in [6, 6.07) is 5.86. The Balaban J connectivity index is 2.98. The topological polar surface area (TPSA) is 33.0 Å². The third-order valence-corrected chi connectivity index (χ3v) is 1.62. The van der Waals surface area contributed by atoms with Gasteiger partial charge in [0, 0.05) is 19.1 Å². The van der Waals surface area contributed by atoms with Crippen LogP contribution in [-0.2, 0) is 0 Å². The van der Waals surface area contributed by atoms with Gasteiger partial charge in [0.05, 0.1) is 6.04 Å². The number of rotatable bonds is 3. The average molecular weight is 179 g/mol. The third-order valence-electron chi connectivity index (χ3n) is 1.62. The normalized spacial score (nSPS) is 10.2. The third kappa shape index (κ3) is 2.54. The van der Waals surface area contributed by atoms with E-state index in [0.717, 1.165) is 0 Å². The van der Waals surface area contributed by atoms with Crippen LogP contribution >= 0.6 is 0 Å². The molecule has 0 radical (unpaired) electrons. The van der Waals surface area contributed by atoms with Crippen molar-refractivity contribution in [1.82, 2.24) is 0 Å². The first-order valence-corrected chi connectivity index (χ1v) is 4.39. The molecule has 0 aliphatic rings. The number of nitrogens with zero attached hydrogens (tertiary/aromatic N) is 1. The van der Waals surface area contributed by atoms with Gasteiger partial charge < -0.3 is 0 Å². The van der Waals surface area contributed by atoms with Gasteiger partial charge in [-0.1, -0.05) is 4.68 Å². The first-order chi connectivity index (χ1) is 6.11. The van der Waals surface area contributed by atoms with E-state index in [4.69, 9.17) is 0 Å². The monoisotopic (exact) mass is 179 g/mol. The van der Waals surface area contributed by atoms with E-state index in [-0.39, 0.29) is 5.78 Å². The second-order valence-corrected chi connectivity index (χ2v) is 3.30. The fourth-order valence-corrected chi connectivity index (χ4v) is 1.12. The van der Waals surface area contributed by atoms with Crippen molar-refractivity contribution in [3.63, 3.8) is 0 Å². The van der Waals surface area contributed by atoms with Crippen LogP contribution in [0.25, 0.3) is 0 Å². The SMILES string of the molecule is CC(=O)c1cccc[n+]1NC(C)C. The summed E-state index contributed by atoms with van der Waals surface area (Å²) in [5.41, 5.74) is 3.83. The Morgan fingerprint density at radius 1 is 1.46 bits per heavy atom. The number of Topliss-reactive ketones (excluding diaryl/α,β-unsaturated/α-hetero) is 1. The number of nitrogens with one attached hydrogen (secondary N) is 1. The molecular weight excluding hydrogens is 164 g/mol. The van der Waals surface area contributed by atoms with Gasteiger partial charge in [0.25, 0.3) is 5.69 Å². The van der Waals surface area contributed by atoms with Gasteiger partial charge in [-0.15, -0.1) is 0 Å². The maximum atomic E-state index is 11.2. The van der Waals surface area contributed by atoms with Gasteiger partial charge in [0.2, 0.25) is 5.78 Å². The van der Waals surface area contributed by atoms with Crippen LogP contribution in [0.4, 0.5) is 0 Å². The molecule has 1 aromatic rings. The zero-order valence-electron chi connectivity index (χ0n) is 8.24. The molecule has 13 heavy (non-hydrogen) atoms. The highest BCUT2D eigenvalue weighted by molar-refractivity contribution is 5.90. The number of carbonyl (C=O) groups is 1. The van der Waals surface area contributed by atoms with Crippen LogP contribution in [0.3, 0.4) is 0 Å². The summed E-state index contributed by atoms with van der Waals surface area (Å²) >= 11 is 0. The molecule has 0 aromatic carbocycles. The Bertz CT molecular complexity index is 308. The van der Waals surface area contributed by atoms with Crippen LogP contribution < -0.4 is 10.1 Å². The largest absolute Gasteiger partial charge is 0.288 e. The quantitative estimate of drug-likeness (QED) is 0.557. The second kappa shape index (κ2) is 4.03. The minimum absolute atomic E-state index is 0.0637. The van der Waals surface area contributed by atoms with Gasteiger partial charge in [0.1, 0.15) is 0 Å². The number of hydrogen-bond donors (Lipinski definition) is 1. The Morgan fingerprint density at radius 3 is 2.69 bits per heavy atom. The molecule has 0 aliphatic carbocycles. The molecule has 0 fully saturated rings. The summed E-state index contributed by atoms with van der Waals surface area (Å²) in [4.78, 5) is 11.2. The van der Waals surface area contributed by atoms with Crippen molar-refractivity contribution in [2.24, 2.45) is 0 Å². The fourth-order valence-electron chi connectivity index (χ4n) is 1.12. The van der Waals surface area contributed by atoms with Gasteiger partial charge in [-0.3, -0.25) is 4.79 Å². The van der Waals surface area contributed by atoms with Crippen LogP contribution in [0, 0.1) is 0 Å². The number of carbonyl (C=O) groups excluding carboxylic acids is 1. The fraction of sp³-hybridized carbons (Fsp3) is 0.400. The summed E-state index contributed by atoms with van der Waals surface area (Å²) in [6.07, 6.45) is 1.84. The van der Waals surface area contributed by atoms with Gasteiger partial charge in [-0.2, -0.15) is 5.43 Å². The van der Waals surface area contributed by atoms with Crippen LogP contribution in [0.1, 0.15) is 31.3 Å². The van der Waals surface area contributed by atoms with Crippen LogP contribution in [0.5, 0.6) is 0 Å². The van der Waals surface area contributed by atoms with Crippen molar-refractivity contribution in [3.8, 4) is 0 Å². The molecule has 0 saturated carbocycles. The van der Waals surface area contributed by atoms with E-state index >= 15 is 0 Å². The first-order valence-electron chi connectivity index (χ1n) is 4.39. The standard InChI is InChI=1S/C10H14N2O/c1-8(2)11-12-7-5-4-6-10(12)9(3)13/h4-8H,1-3H3/p+1. The summed E-state index contributed by atoms with van der Waals surface area (Å²) in [5, 5.41) is 0. The van der Waals surface area contributed by atoms with E-state index in [2.05, 4.69) is 5.43 Å². The molecular formula is C10H15N2O+. The summed E-state index contributed by atoms with van der Waals surface area (Å²) < 4.78 is 1.76.